The Hall–Kier alpha value is -0.390. The molecule has 0 amide bonds. The maximum absolute atomic E-state index is 5.54. The van der Waals surface area contributed by atoms with Gasteiger partial charge in [0.15, 0.2) is 0 Å². The zero-order valence-electron chi connectivity index (χ0n) is 10.9. The van der Waals surface area contributed by atoms with Crippen molar-refractivity contribution < 1.29 is 4.74 Å². The molecule has 1 unspecified atom stereocenters. The standard InChI is InChI=1S/C12H22BrN3O/c1-4-7-16-12(10(13)8-15-16)11(14-5-2)9-17-6-3/h8,11,14H,4-7,9H2,1-3H3. The Balaban J connectivity index is 2.86. The van der Waals surface area contributed by atoms with Gasteiger partial charge in [-0.3, -0.25) is 4.68 Å². The molecule has 1 heterocycles. The van der Waals surface area contributed by atoms with Crippen LogP contribution >= 0.6 is 15.9 Å². The number of aryl methyl sites for hydroxylation is 1. The number of likely N-dealkylation sites (N-methyl/N-ethyl adjacent to an activating group) is 1. The molecule has 0 radical (unpaired) electrons. The van der Waals surface area contributed by atoms with Gasteiger partial charge in [-0.2, -0.15) is 5.10 Å². The van der Waals surface area contributed by atoms with Crippen LogP contribution in [0.1, 0.15) is 38.9 Å². The van der Waals surface area contributed by atoms with Crippen molar-refractivity contribution >= 4 is 15.9 Å². The van der Waals surface area contributed by atoms with E-state index in [1.165, 1.54) is 5.69 Å². The van der Waals surface area contributed by atoms with Crippen molar-refractivity contribution in [3.63, 3.8) is 0 Å². The van der Waals surface area contributed by atoms with E-state index in [0.29, 0.717) is 6.61 Å². The van der Waals surface area contributed by atoms with E-state index in [1.807, 2.05) is 13.1 Å². The monoisotopic (exact) mass is 303 g/mol. The summed E-state index contributed by atoms with van der Waals surface area (Å²) in [6.45, 7) is 9.55. The van der Waals surface area contributed by atoms with Gasteiger partial charge in [-0.1, -0.05) is 13.8 Å². The number of hydrogen-bond acceptors (Lipinski definition) is 3. The fourth-order valence-corrected chi connectivity index (χ4v) is 2.40. The molecule has 0 aromatic carbocycles. The normalized spacial score (nSPS) is 12.9. The predicted octanol–water partition coefficient (Wildman–Crippen LogP) is 2.74. The highest BCUT2D eigenvalue weighted by atomic mass is 79.9. The van der Waals surface area contributed by atoms with E-state index < -0.39 is 0 Å². The second kappa shape index (κ2) is 7.84. The SMILES string of the molecule is CCCn1ncc(Br)c1C(COCC)NCC. The van der Waals surface area contributed by atoms with E-state index in [2.05, 4.69) is 44.9 Å². The molecule has 5 heteroatoms. The number of ether oxygens (including phenoxy) is 1. The van der Waals surface area contributed by atoms with Crippen LogP contribution in [0.25, 0.3) is 0 Å². The Bertz CT molecular complexity index is 328. The predicted molar refractivity (Wildman–Crippen MR) is 73.1 cm³/mol. The first-order valence-corrected chi connectivity index (χ1v) is 7.06. The average molecular weight is 304 g/mol. The summed E-state index contributed by atoms with van der Waals surface area (Å²) in [4.78, 5) is 0. The maximum Gasteiger partial charge on any atom is 0.0741 e. The van der Waals surface area contributed by atoms with Crippen molar-refractivity contribution in [2.75, 3.05) is 19.8 Å². The third kappa shape index (κ3) is 4.08. The molecular weight excluding hydrogens is 282 g/mol. The Labute approximate surface area is 112 Å². The summed E-state index contributed by atoms with van der Waals surface area (Å²) in [6, 6.07) is 0.198. The van der Waals surface area contributed by atoms with E-state index in [1.54, 1.807) is 0 Å². The van der Waals surface area contributed by atoms with Crippen molar-refractivity contribution in [1.29, 1.82) is 0 Å². The van der Waals surface area contributed by atoms with Crippen molar-refractivity contribution in [3.8, 4) is 0 Å². The van der Waals surface area contributed by atoms with Crippen LogP contribution in [0.2, 0.25) is 0 Å². The molecule has 1 aromatic rings. The Kier molecular flexibility index (Phi) is 6.77. The van der Waals surface area contributed by atoms with E-state index >= 15 is 0 Å². The first-order valence-electron chi connectivity index (χ1n) is 6.26. The number of nitrogens with one attached hydrogen (secondary N) is 1. The first kappa shape index (κ1) is 14.7. The number of hydrogen-bond donors (Lipinski definition) is 1. The molecule has 1 rings (SSSR count). The highest BCUT2D eigenvalue weighted by molar-refractivity contribution is 9.10. The molecular formula is C12H22BrN3O. The first-order chi connectivity index (χ1) is 8.24. The smallest absolute Gasteiger partial charge is 0.0741 e. The number of halogens is 1. The van der Waals surface area contributed by atoms with Crippen LogP contribution in [-0.2, 0) is 11.3 Å². The van der Waals surface area contributed by atoms with Gasteiger partial charge in [0, 0.05) is 13.2 Å². The molecule has 0 fully saturated rings. The molecule has 0 aliphatic rings. The third-order valence-electron chi connectivity index (χ3n) is 2.54. The van der Waals surface area contributed by atoms with Crippen molar-refractivity contribution in [2.45, 2.75) is 39.8 Å². The molecule has 0 bridgehead atoms. The number of rotatable bonds is 8. The molecule has 4 nitrogen and oxygen atoms in total. The number of aromatic nitrogens is 2. The largest absolute Gasteiger partial charge is 0.380 e. The third-order valence-corrected chi connectivity index (χ3v) is 3.15. The molecule has 17 heavy (non-hydrogen) atoms. The van der Waals surface area contributed by atoms with Crippen LogP contribution in [0, 0.1) is 0 Å². The highest BCUT2D eigenvalue weighted by Crippen LogP contribution is 2.24. The second-order valence-electron chi connectivity index (χ2n) is 3.87. The van der Waals surface area contributed by atoms with Crippen molar-refractivity contribution in [3.05, 3.63) is 16.4 Å². The van der Waals surface area contributed by atoms with E-state index in [0.717, 1.165) is 30.6 Å². The molecule has 1 atom stereocenters. The van der Waals surface area contributed by atoms with E-state index in [-0.39, 0.29) is 6.04 Å². The zero-order valence-corrected chi connectivity index (χ0v) is 12.5. The minimum atomic E-state index is 0.198. The van der Waals surface area contributed by atoms with Gasteiger partial charge in [0.05, 0.1) is 29.0 Å². The summed E-state index contributed by atoms with van der Waals surface area (Å²) in [5, 5.41) is 7.83. The lowest BCUT2D eigenvalue weighted by Crippen LogP contribution is -2.28. The van der Waals surface area contributed by atoms with Crippen LogP contribution in [-0.4, -0.2) is 29.5 Å². The van der Waals surface area contributed by atoms with Gasteiger partial charge in [-0.15, -0.1) is 0 Å². The van der Waals surface area contributed by atoms with Gasteiger partial charge in [-0.05, 0) is 35.8 Å². The minimum absolute atomic E-state index is 0.198. The summed E-state index contributed by atoms with van der Waals surface area (Å²) in [7, 11) is 0. The summed E-state index contributed by atoms with van der Waals surface area (Å²) in [6.07, 6.45) is 2.94. The van der Waals surface area contributed by atoms with Crippen LogP contribution < -0.4 is 5.32 Å². The van der Waals surface area contributed by atoms with Gasteiger partial charge in [-0.25, -0.2) is 0 Å². The lowest BCUT2D eigenvalue weighted by Gasteiger charge is -2.19. The highest BCUT2D eigenvalue weighted by Gasteiger charge is 2.19. The van der Waals surface area contributed by atoms with E-state index in [4.69, 9.17) is 4.74 Å². The molecule has 0 saturated heterocycles. The minimum Gasteiger partial charge on any atom is -0.380 e. The summed E-state index contributed by atoms with van der Waals surface area (Å²) in [5.74, 6) is 0. The fraction of sp³-hybridized carbons (Fsp3) is 0.750. The average Bonchev–Trinajstić information content (AvgIpc) is 2.67. The fourth-order valence-electron chi connectivity index (χ4n) is 1.82. The molecule has 1 aromatic heterocycles. The number of nitrogens with zero attached hydrogens (tertiary/aromatic N) is 2. The molecule has 0 aliphatic heterocycles. The molecule has 0 spiro atoms. The quantitative estimate of drug-likeness (QED) is 0.802. The molecule has 1 N–H and O–H groups in total. The maximum atomic E-state index is 5.54. The summed E-state index contributed by atoms with van der Waals surface area (Å²) < 4.78 is 8.64. The van der Waals surface area contributed by atoms with Crippen LogP contribution in [0.5, 0.6) is 0 Å². The molecule has 0 aliphatic carbocycles. The lowest BCUT2D eigenvalue weighted by molar-refractivity contribution is 0.120. The van der Waals surface area contributed by atoms with Gasteiger partial charge >= 0.3 is 0 Å². The van der Waals surface area contributed by atoms with Gasteiger partial charge < -0.3 is 10.1 Å². The summed E-state index contributed by atoms with van der Waals surface area (Å²) in [5.41, 5.74) is 1.18. The lowest BCUT2D eigenvalue weighted by atomic mass is 10.2. The Morgan fingerprint density at radius 3 is 2.82 bits per heavy atom. The van der Waals surface area contributed by atoms with Crippen molar-refractivity contribution in [1.82, 2.24) is 15.1 Å². The Morgan fingerprint density at radius 1 is 1.47 bits per heavy atom. The van der Waals surface area contributed by atoms with Crippen LogP contribution in [0.15, 0.2) is 10.7 Å². The van der Waals surface area contributed by atoms with Gasteiger partial charge in [0.25, 0.3) is 0 Å². The summed E-state index contributed by atoms with van der Waals surface area (Å²) >= 11 is 3.57. The van der Waals surface area contributed by atoms with Crippen molar-refractivity contribution in [2.24, 2.45) is 0 Å². The van der Waals surface area contributed by atoms with Gasteiger partial charge in [0.1, 0.15) is 0 Å². The Morgan fingerprint density at radius 2 is 2.24 bits per heavy atom. The van der Waals surface area contributed by atoms with Gasteiger partial charge in [0.2, 0.25) is 0 Å². The van der Waals surface area contributed by atoms with E-state index in [9.17, 15) is 0 Å². The topological polar surface area (TPSA) is 39.1 Å². The molecule has 0 saturated carbocycles. The second-order valence-corrected chi connectivity index (χ2v) is 4.72. The van der Waals surface area contributed by atoms with Crippen LogP contribution in [0.3, 0.4) is 0 Å². The van der Waals surface area contributed by atoms with Crippen LogP contribution in [0.4, 0.5) is 0 Å². The zero-order chi connectivity index (χ0) is 12.7. The molecule has 98 valence electrons.